The molecule has 3 aromatic rings. The van der Waals surface area contributed by atoms with Gasteiger partial charge in [-0.15, -0.1) is 0 Å². The van der Waals surface area contributed by atoms with Gasteiger partial charge in [0, 0.05) is 33.9 Å². The number of hydrogen-bond donors (Lipinski definition) is 1. The summed E-state index contributed by atoms with van der Waals surface area (Å²) in [6.45, 7) is 4.18. The van der Waals surface area contributed by atoms with E-state index in [0.717, 1.165) is 4.90 Å². The first kappa shape index (κ1) is 20.9. The van der Waals surface area contributed by atoms with E-state index >= 15 is 0 Å². The fraction of sp³-hybridized carbons (Fsp3) is 0.160. The molecule has 0 saturated carbocycles. The molecule has 6 heteroatoms. The Bertz CT molecular complexity index is 1140. The van der Waals surface area contributed by atoms with Crippen LogP contribution in [0, 0.1) is 13.8 Å². The van der Waals surface area contributed by atoms with Crippen molar-refractivity contribution in [2.75, 3.05) is 10.2 Å². The average molecular weight is 431 g/mol. The maximum absolute atomic E-state index is 12.6. The standard InChI is InChI=1S/C25H22N2O3S/c1-16-3-12-22(17(2)15-16)31-21-10-6-19(7-11-21)26-25(30)18-4-8-20(9-5-18)27-23(28)13-14-24(27)29/h3-12,15H,13-14H2,1-2H3,(H,26,30). The molecule has 0 aliphatic carbocycles. The van der Waals surface area contributed by atoms with E-state index in [1.807, 2.05) is 24.3 Å². The summed E-state index contributed by atoms with van der Waals surface area (Å²) in [6, 6.07) is 20.6. The molecule has 1 aliphatic rings. The van der Waals surface area contributed by atoms with E-state index < -0.39 is 0 Å². The highest BCUT2D eigenvalue weighted by Crippen LogP contribution is 2.31. The molecule has 156 valence electrons. The van der Waals surface area contributed by atoms with Gasteiger partial charge in [0.15, 0.2) is 0 Å². The minimum atomic E-state index is -0.250. The molecule has 3 amide bonds. The summed E-state index contributed by atoms with van der Waals surface area (Å²) < 4.78 is 0. The van der Waals surface area contributed by atoms with E-state index in [9.17, 15) is 14.4 Å². The van der Waals surface area contributed by atoms with Crippen molar-refractivity contribution in [2.45, 2.75) is 36.5 Å². The summed E-state index contributed by atoms with van der Waals surface area (Å²) in [5.74, 6) is -0.664. The number of benzene rings is 3. The number of carbonyl (C=O) groups excluding carboxylic acids is 3. The molecule has 1 N–H and O–H groups in total. The van der Waals surface area contributed by atoms with Crippen LogP contribution in [-0.2, 0) is 9.59 Å². The molecular formula is C25H22N2O3S. The zero-order valence-electron chi connectivity index (χ0n) is 17.3. The van der Waals surface area contributed by atoms with Gasteiger partial charge in [0.1, 0.15) is 0 Å². The van der Waals surface area contributed by atoms with Crippen LogP contribution in [0.15, 0.2) is 76.5 Å². The molecule has 1 aliphatic heterocycles. The Labute approximate surface area is 185 Å². The monoisotopic (exact) mass is 430 g/mol. The highest BCUT2D eigenvalue weighted by atomic mass is 32.2. The summed E-state index contributed by atoms with van der Waals surface area (Å²) >= 11 is 1.69. The third-order valence-electron chi connectivity index (χ3n) is 5.11. The van der Waals surface area contributed by atoms with Gasteiger partial charge in [-0.25, -0.2) is 0 Å². The van der Waals surface area contributed by atoms with Gasteiger partial charge in [0.25, 0.3) is 5.91 Å². The summed E-state index contributed by atoms with van der Waals surface area (Å²) in [5.41, 5.74) is 4.13. The van der Waals surface area contributed by atoms with Gasteiger partial charge < -0.3 is 5.32 Å². The minimum absolute atomic E-state index is 0.207. The summed E-state index contributed by atoms with van der Waals surface area (Å²) in [6.07, 6.45) is 0.470. The maximum atomic E-state index is 12.6. The number of aryl methyl sites for hydroxylation is 2. The lowest BCUT2D eigenvalue weighted by atomic mass is 10.1. The van der Waals surface area contributed by atoms with Gasteiger partial charge in [-0.05, 0) is 74.0 Å². The van der Waals surface area contributed by atoms with Crippen LogP contribution in [0.4, 0.5) is 11.4 Å². The predicted octanol–water partition coefficient (Wildman–Crippen LogP) is 5.36. The molecule has 0 bridgehead atoms. The highest BCUT2D eigenvalue weighted by molar-refractivity contribution is 7.99. The summed E-state index contributed by atoms with van der Waals surface area (Å²) in [5, 5.41) is 2.88. The largest absolute Gasteiger partial charge is 0.322 e. The Balaban J connectivity index is 1.40. The normalized spacial score (nSPS) is 13.5. The second-order valence-corrected chi connectivity index (χ2v) is 8.63. The first-order valence-corrected chi connectivity index (χ1v) is 10.8. The van der Waals surface area contributed by atoms with Crippen LogP contribution < -0.4 is 10.2 Å². The van der Waals surface area contributed by atoms with E-state index in [4.69, 9.17) is 0 Å². The fourth-order valence-corrected chi connectivity index (χ4v) is 4.36. The third kappa shape index (κ3) is 4.70. The van der Waals surface area contributed by atoms with Gasteiger partial charge in [-0.2, -0.15) is 0 Å². The minimum Gasteiger partial charge on any atom is -0.322 e. The van der Waals surface area contributed by atoms with E-state index in [-0.39, 0.29) is 30.6 Å². The van der Waals surface area contributed by atoms with E-state index in [2.05, 4.69) is 37.4 Å². The molecule has 0 aromatic heterocycles. The van der Waals surface area contributed by atoms with Crippen molar-refractivity contribution in [2.24, 2.45) is 0 Å². The molecule has 0 spiro atoms. The van der Waals surface area contributed by atoms with Crippen molar-refractivity contribution >= 4 is 40.9 Å². The molecule has 0 radical (unpaired) electrons. The van der Waals surface area contributed by atoms with Crippen LogP contribution in [0.3, 0.4) is 0 Å². The Morgan fingerprint density at radius 3 is 2.13 bits per heavy atom. The Kier molecular flexibility index (Phi) is 5.91. The lowest BCUT2D eigenvalue weighted by Gasteiger charge is -2.14. The number of rotatable bonds is 5. The van der Waals surface area contributed by atoms with Gasteiger partial charge in [0.2, 0.25) is 11.8 Å². The van der Waals surface area contributed by atoms with Crippen molar-refractivity contribution < 1.29 is 14.4 Å². The number of nitrogens with one attached hydrogen (secondary N) is 1. The van der Waals surface area contributed by atoms with Crippen LogP contribution >= 0.6 is 11.8 Å². The molecule has 0 unspecified atom stereocenters. The van der Waals surface area contributed by atoms with Crippen LogP contribution in [-0.4, -0.2) is 17.7 Å². The van der Waals surface area contributed by atoms with Gasteiger partial charge in [-0.1, -0.05) is 29.5 Å². The molecule has 4 rings (SSSR count). The quantitative estimate of drug-likeness (QED) is 0.554. The number of imide groups is 1. The topological polar surface area (TPSA) is 66.5 Å². The Morgan fingerprint density at radius 2 is 1.52 bits per heavy atom. The van der Waals surface area contributed by atoms with Crippen LogP contribution in [0.2, 0.25) is 0 Å². The van der Waals surface area contributed by atoms with Crippen molar-refractivity contribution in [3.8, 4) is 0 Å². The SMILES string of the molecule is Cc1ccc(Sc2ccc(NC(=O)c3ccc(N4C(=O)CCC4=O)cc3)cc2)c(C)c1. The fourth-order valence-electron chi connectivity index (χ4n) is 3.48. The lowest BCUT2D eigenvalue weighted by molar-refractivity contribution is -0.121. The average Bonchev–Trinajstić information content (AvgIpc) is 3.09. The van der Waals surface area contributed by atoms with Crippen LogP contribution in [0.5, 0.6) is 0 Å². The van der Waals surface area contributed by atoms with E-state index in [0.29, 0.717) is 16.9 Å². The van der Waals surface area contributed by atoms with Crippen molar-refractivity contribution in [1.29, 1.82) is 0 Å². The van der Waals surface area contributed by atoms with Crippen molar-refractivity contribution in [1.82, 2.24) is 0 Å². The second kappa shape index (κ2) is 8.78. The number of nitrogens with zero attached hydrogens (tertiary/aromatic N) is 1. The second-order valence-electron chi connectivity index (χ2n) is 7.52. The molecule has 0 atom stereocenters. The van der Waals surface area contributed by atoms with Gasteiger partial charge in [-0.3, -0.25) is 19.3 Å². The van der Waals surface area contributed by atoms with Crippen molar-refractivity contribution in [3.63, 3.8) is 0 Å². The first-order valence-electron chi connectivity index (χ1n) is 10.0. The van der Waals surface area contributed by atoms with Crippen molar-refractivity contribution in [3.05, 3.63) is 83.4 Å². The lowest BCUT2D eigenvalue weighted by Crippen LogP contribution is -2.28. The Hall–Kier alpha value is -3.38. The summed E-state index contributed by atoms with van der Waals surface area (Å²) in [4.78, 5) is 39.7. The molecule has 3 aromatic carbocycles. The molecule has 1 saturated heterocycles. The van der Waals surface area contributed by atoms with Gasteiger partial charge in [0.05, 0.1) is 5.69 Å². The van der Waals surface area contributed by atoms with E-state index in [1.54, 1.807) is 36.0 Å². The number of anilines is 2. The number of amides is 3. The molecule has 1 heterocycles. The molecule has 1 fully saturated rings. The zero-order valence-corrected chi connectivity index (χ0v) is 18.2. The molecule has 5 nitrogen and oxygen atoms in total. The first-order chi connectivity index (χ1) is 14.9. The molecule has 31 heavy (non-hydrogen) atoms. The van der Waals surface area contributed by atoms with Crippen LogP contribution in [0.1, 0.15) is 34.3 Å². The highest BCUT2D eigenvalue weighted by Gasteiger charge is 2.30. The Morgan fingerprint density at radius 1 is 0.871 bits per heavy atom. The number of hydrogen-bond acceptors (Lipinski definition) is 4. The van der Waals surface area contributed by atoms with Gasteiger partial charge >= 0.3 is 0 Å². The maximum Gasteiger partial charge on any atom is 0.255 e. The zero-order chi connectivity index (χ0) is 22.0. The summed E-state index contributed by atoms with van der Waals surface area (Å²) in [7, 11) is 0. The van der Waals surface area contributed by atoms with Crippen LogP contribution in [0.25, 0.3) is 0 Å². The molecular weight excluding hydrogens is 408 g/mol. The number of carbonyl (C=O) groups is 3. The third-order valence-corrected chi connectivity index (χ3v) is 6.30. The predicted molar refractivity (Wildman–Crippen MR) is 123 cm³/mol. The smallest absolute Gasteiger partial charge is 0.255 e. The van der Waals surface area contributed by atoms with E-state index in [1.165, 1.54) is 20.9 Å².